The van der Waals surface area contributed by atoms with Crippen LogP contribution in [-0.2, 0) is 6.42 Å². The van der Waals surface area contributed by atoms with E-state index in [0.29, 0.717) is 5.69 Å². The van der Waals surface area contributed by atoms with Gasteiger partial charge in [0.25, 0.3) is 5.91 Å². The van der Waals surface area contributed by atoms with Gasteiger partial charge in [-0.05, 0) is 37.7 Å². The summed E-state index contributed by atoms with van der Waals surface area (Å²) in [5.74, 6) is 0.897. The van der Waals surface area contributed by atoms with Crippen molar-refractivity contribution in [3.8, 4) is 0 Å². The largest absolute Gasteiger partial charge is 0.337 e. The molecule has 1 aromatic rings. The average Bonchev–Trinajstić information content (AvgIpc) is 2.78. The van der Waals surface area contributed by atoms with E-state index in [9.17, 15) is 4.79 Å². The number of carbonyl (C=O) groups excluding carboxylic acids is 1. The SMILES string of the molecule is CCCc1cc(C(=O)N2CCC[C@H](CCC)CC2)n[nH]1. The Morgan fingerprint density at radius 1 is 1.35 bits per heavy atom. The first-order valence-corrected chi connectivity index (χ1v) is 8.08. The fraction of sp³-hybridized carbons (Fsp3) is 0.750. The molecule has 1 aliphatic heterocycles. The monoisotopic (exact) mass is 277 g/mol. The van der Waals surface area contributed by atoms with Crippen LogP contribution in [0, 0.1) is 5.92 Å². The molecule has 112 valence electrons. The molecule has 1 fully saturated rings. The highest BCUT2D eigenvalue weighted by atomic mass is 16.2. The first kappa shape index (κ1) is 15.1. The van der Waals surface area contributed by atoms with Crippen molar-refractivity contribution in [2.24, 2.45) is 5.92 Å². The maximum absolute atomic E-state index is 12.5. The first-order valence-electron chi connectivity index (χ1n) is 8.08. The molecule has 0 spiro atoms. The van der Waals surface area contributed by atoms with E-state index in [1.54, 1.807) is 0 Å². The molecule has 0 aliphatic carbocycles. The lowest BCUT2D eigenvalue weighted by atomic mass is 9.96. The van der Waals surface area contributed by atoms with E-state index in [0.717, 1.165) is 50.4 Å². The maximum atomic E-state index is 12.5. The van der Waals surface area contributed by atoms with E-state index in [1.807, 2.05) is 11.0 Å². The second kappa shape index (κ2) is 7.46. The summed E-state index contributed by atoms with van der Waals surface area (Å²) in [7, 11) is 0. The number of amides is 1. The van der Waals surface area contributed by atoms with E-state index in [1.165, 1.54) is 19.3 Å². The molecular formula is C16H27N3O. The van der Waals surface area contributed by atoms with Gasteiger partial charge < -0.3 is 4.90 Å². The van der Waals surface area contributed by atoms with Gasteiger partial charge in [-0.1, -0.05) is 33.1 Å². The van der Waals surface area contributed by atoms with Gasteiger partial charge in [-0.25, -0.2) is 0 Å². The lowest BCUT2D eigenvalue weighted by molar-refractivity contribution is 0.0754. The van der Waals surface area contributed by atoms with Gasteiger partial charge in [-0.2, -0.15) is 5.10 Å². The number of rotatable bonds is 5. The maximum Gasteiger partial charge on any atom is 0.274 e. The number of nitrogens with one attached hydrogen (secondary N) is 1. The Balaban J connectivity index is 1.94. The molecule has 1 amide bonds. The molecule has 1 aliphatic rings. The topological polar surface area (TPSA) is 49.0 Å². The molecule has 1 aromatic heterocycles. The van der Waals surface area contributed by atoms with Gasteiger partial charge in [-0.15, -0.1) is 0 Å². The fourth-order valence-corrected chi connectivity index (χ4v) is 3.10. The Labute approximate surface area is 121 Å². The number of aromatic amines is 1. The molecule has 1 saturated heterocycles. The normalized spacial score (nSPS) is 19.9. The number of hydrogen-bond donors (Lipinski definition) is 1. The minimum atomic E-state index is 0.0979. The van der Waals surface area contributed by atoms with Crippen LogP contribution in [0.25, 0.3) is 0 Å². The zero-order valence-corrected chi connectivity index (χ0v) is 12.8. The predicted octanol–water partition coefficient (Wildman–Crippen LogP) is 3.40. The van der Waals surface area contributed by atoms with Crippen molar-refractivity contribution in [3.05, 3.63) is 17.5 Å². The number of aryl methyl sites for hydroxylation is 1. The summed E-state index contributed by atoms with van der Waals surface area (Å²) in [4.78, 5) is 14.5. The lowest BCUT2D eigenvalue weighted by Crippen LogP contribution is -2.32. The van der Waals surface area contributed by atoms with Crippen molar-refractivity contribution in [2.75, 3.05) is 13.1 Å². The highest BCUT2D eigenvalue weighted by molar-refractivity contribution is 5.92. The third-order valence-electron chi connectivity index (χ3n) is 4.20. The Morgan fingerprint density at radius 2 is 2.20 bits per heavy atom. The first-order chi connectivity index (χ1) is 9.74. The molecule has 4 nitrogen and oxygen atoms in total. The Hall–Kier alpha value is -1.32. The van der Waals surface area contributed by atoms with Crippen LogP contribution in [0.5, 0.6) is 0 Å². The van der Waals surface area contributed by atoms with Crippen LogP contribution < -0.4 is 0 Å². The van der Waals surface area contributed by atoms with Crippen LogP contribution >= 0.6 is 0 Å². The third-order valence-corrected chi connectivity index (χ3v) is 4.20. The van der Waals surface area contributed by atoms with Gasteiger partial charge in [0, 0.05) is 18.8 Å². The number of nitrogens with zero attached hydrogens (tertiary/aromatic N) is 2. The molecule has 2 rings (SSSR count). The minimum absolute atomic E-state index is 0.0979. The van der Waals surface area contributed by atoms with Crippen molar-refractivity contribution in [1.29, 1.82) is 0 Å². The van der Waals surface area contributed by atoms with Crippen molar-refractivity contribution < 1.29 is 4.79 Å². The quantitative estimate of drug-likeness (QED) is 0.896. The minimum Gasteiger partial charge on any atom is -0.337 e. The van der Waals surface area contributed by atoms with Crippen molar-refractivity contribution >= 4 is 5.91 Å². The van der Waals surface area contributed by atoms with Gasteiger partial charge in [0.2, 0.25) is 0 Å². The van der Waals surface area contributed by atoms with Crippen molar-refractivity contribution in [3.63, 3.8) is 0 Å². The van der Waals surface area contributed by atoms with Crippen LogP contribution in [-0.4, -0.2) is 34.1 Å². The molecule has 1 N–H and O–H groups in total. The second-order valence-corrected chi connectivity index (χ2v) is 5.91. The van der Waals surface area contributed by atoms with Gasteiger partial charge in [0.05, 0.1) is 0 Å². The molecule has 0 saturated carbocycles. The highest BCUT2D eigenvalue weighted by Crippen LogP contribution is 2.22. The van der Waals surface area contributed by atoms with Crippen LogP contribution in [0.3, 0.4) is 0 Å². The summed E-state index contributed by atoms with van der Waals surface area (Å²) in [5, 5.41) is 7.15. The average molecular weight is 277 g/mol. The van der Waals surface area contributed by atoms with E-state index < -0.39 is 0 Å². The number of carbonyl (C=O) groups is 1. The number of aromatic nitrogens is 2. The van der Waals surface area contributed by atoms with Gasteiger partial charge in [0.1, 0.15) is 5.69 Å². The number of hydrogen-bond acceptors (Lipinski definition) is 2. The Kier molecular flexibility index (Phi) is 5.62. The number of likely N-dealkylation sites (tertiary alicyclic amines) is 1. The lowest BCUT2D eigenvalue weighted by Gasteiger charge is -2.19. The number of H-pyrrole nitrogens is 1. The van der Waals surface area contributed by atoms with Crippen LogP contribution in [0.2, 0.25) is 0 Å². The summed E-state index contributed by atoms with van der Waals surface area (Å²) >= 11 is 0. The zero-order chi connectivity index (χ0) is 14.4. The summed E-state index contributed by atoms with van der Waals surface area (Å²) in [6.45, 7) is 6.15. The van der Waals surface area contributed by atoms with Crippen molar-refractivity contribution in [1.82, 2.24) is 15.1 Å². The van der Waals surface area contributed by atoms with Crippen LogP contribution in [0.15, 0.2) is 6.07 Å². The molecule has 1 atom stereocenters. The van der Waals surface area contributed by atoms with Crippen LogP contribution in [0.4, 0.5) is 0 Å². The second-order valence-electron chi connectivity index (χ2n) is 5.91. The molecule has 0 bridgehead atoms. The zero-order valence-electron chi connectivity index (χ0n) is 12.8. The molecular weight excluding hydrogens is 250 g/mol. The fourth-order valence-electron chi connectivity index (χ4n) is 3.10. The Bertz CT molecular complexity index is 427. The standard InChI is InChI=1S/C16H27N3O/c1-3-6-13-8-5-10-19(11-9-13)16(20)15-12-14(7-4-2)17-18-15/h12-13H,3-11H2,1-2H3,(H,17,18)/t13-/m0/s1. The van der Waals surface area contributed by atoms with E-state index in [-0.39, 0.29) is 5.91 Å². The van der Waals surface area contributed by atoms with Gasteiger partial charge in [-0.3, -0.25) is 9.89 Å². The third kappa shape index (κ3) is 3.84. The summed E-state index contributed by atoms with van der Waals surface area (Å²) in [6.07, 6.45) is 8.11. The van der Waals surface area contributed by atoms with Gasteiger partial charge >= 0.3 is 0 Å². The van der Waals surface area contributed by atoms with E-state index in [2.05, 4.69) is 24.0 Å². The van der Waals surface area contributed by atoms with Crippen molar-refractivity contribution in [2.45, 2.75) is 58.8 Å². The van der Waals surface area contributed by atoms with Crippen LogP contribution in [0.1, 0.15) is 68.6 Å². The van der Waals surface area contributed by atoms with E-state index in [4.69, 9.17) is 0 Å². The molecule has 0 aromatic carbocycles. The van der Waals surface area contributed by atoms with Gasteiger partial charge in [0.15, 0.2) is 0 Å². The summed E-state index contributed by atoms with van der Waals surface area (Å²) < 4.78 is 0. The smallest absolute Gasteiger partial charge is 0.274 e. The Morgan fingerprint density at radius 3 is 2.95 bits per heavy atom. The summed E-state index contributed by atoms with van der Waals surface area (Å²) in [5.41, 5.74) is 1.65. The molecule has 2 heterocycles. The predicted molar refractivity (Wildman–Crippen MR) is 80.7 cm³/mol. The molecule has 20 heavy (non-hydrogen) atoms. The summed E-state index contributed by atoms with van der Waals surface area (Å²) in [6, 6.07) is 1.92. The molecule has 0 unspecified atom stereocenters. The van der Waals surface area contributed by atoms with E-state index >= 15 is 0 Å². The highest BCUT2D eigenvalue weighted by Gasteiger charge is 2.22. The molecule has 0 radical (unpaired) electrons. The molecule has 4 heteroatoms.